The van der Waals surface area contributed by atoms with Crippen molar-refractivity contribution in [3.63, 3.8) is 0 Å². The fourth-order valence-electron chi connectivity index (χ4n) is 4.45. The van der Waals surface area contributed by atoms with Crippen LogP contribution < -0.4 is 10.6 Å². The minimum absolute atomic E-state index is 0.00198. The number of carbonyl (C=O) groups excluding carboxylic acids is 1. The number of ketones is 1. The molecular weight excluding hydrogens is 312 g/mol. The lowest BCUT2D eigenvalue weighted by molar-refractivity contribution is -0.118. The maximum absolute atomic E-state index is 12.3. The lowest BCUT2D eigenvalue weighted by Gasteiger charge is -2.38. The van der Waals surface area contributed by atoms with E-state index in [-0.39, 0.29) is 11.6 Å². The van der Waals surface area contributed by atoms with Gasteiger partial charge in [0.15, 0.2) is 5.78 Å². The molecule has 0 radical (unpaired) electrons. The van der Waals surface area contributed by atoms with Crippen molar-refractivity contribution in [1.29, 1.82) is 0 Å². The maximum Gasteiger partial charge on any atom is 0.164 e. The second kappa shape index (κ2) is 8.47. The van der Waals surface area contributed by atoms with Gasteiger partial charge < -0.3 is 10.6 Å². The summed E-state index contributed by atoms with van der Waals surface area (Å²) in [4.78, 5) is 17.1. The van der Waals surface area contributed by atoms with E-state index in [1.165, 1.54) is 6.42 Å². The Kier molecular flexibility index (Phi) is 7.05. The highest BCUT2D eigenvalue weighted by molar-refractivity contribution is 5.88. The van der Waals surface area contributed by atoms with E-state index >= 15 is 0 Å². The van der Waals surface area contributed by atoms with Crippen LogP contribution in [0.4, 0.5) is 0 Å². The topological polar surface area (TPSA) is 47.6 Å². The van der Waals surface area contributed by atoms with Crippen LogP contribution in [-0.4, -0.2) is 77.5 Å². The van der Waals surface area contributed by atoms with Gasteiger partial charge >= 0.3 is 0 Å². The van der Waals surface area contributed by atoms with Crippen LogP contribution in [0.1, 0.15) is 61.3 Å². The molecule has 0 amide bonds. The fraction of sp³-hybridized carbons (Fsp3) is 0.950. The van der Waals surface area contributed by atoms with Crippen LogP contribution in [-0.2, 0) is 4.79 Å². The largest absolute Gasteiger partial charge is 0.310 e. The Morgan fingerprint density at radius 2 is 1.80 bits per heavy atom. The monoisotopic (exact) mass is 352 g/mol. The normalized spacial score (nSPS) is 27.8. The first-order chi connectivity index (χ1) is 11.6. The van der Waals surface area contributed by atoms with Crippen molar-refractivity contribution in [1.82, 2.24) is 20.4 Å². The Morgan fingerprint density at radius 3 is 2.36 bits per heavy atom. The van der Waals surface area contributed by atoms with Crippen LogP contribution in [0.25, 0.3) is 0 Å². The zero-order valence-corrected chi connectivity index (χ0v) is 17.4. The Bertz CT molecular complexity index is 449. The molecule has 2 heterocycles. The Labute approximate surface area is 154 Å². The molecule has 2 rings (SSSR count). The second-order valence-electron chi connectivity index (χ2n) is 9.38. The molecule has 0 aliphatic carbocycles. The van der Waals surface area contributed by atoms with Crippen LogP contribution in [0.2, 0.25) is 0 Å². The number of nitrogens with zero attached hydrogens (tertiary/aromatic N) is 2. The van der Waals surface area contributed by atoms with Crippen LogP contribution in [0.15, 0.2) is 0 Å². The molecule has 2 aliphatic rings. The zero-order chi connectivity index (χ0) is 18.8. The number of nitrogens with one attached hydrogen (secondary N) is 2. The lowest BCUT2D eigenvalue weighted by atomic mass is 9.93. The number of rotatable bonds is 8. The average molecular weight is 353 g/mol. The van der Waals surface area contributed by atoms with E-state index < -0.39 is 0 Å². The van der Waals surface area contributed by atoms with Crippen molar-refractivity contribution in [2.75, 3.05) is 26.2 Å². The van der Waals surface area contributed by atoms with Crippen molar-refractivity contribution in [3.8, 4) is 0 Å². The van der Waals surface area contributed by atoms with Crippen molar-refractivity contribution in [3.05, 3.63) is 0 Å². The molecule has 0 aromatic heterocycles. The van der Waals surface area contributed by atoms with Gasteiger partial charge in [-0.1, -0.05) is 13.8 Å². The van der Waals surface area contributed by atoms with Crippen LogP contribution in [0, 0.1) is 0 Å². The molecule has 0 aromatic carbocycles. The standard InChI is InChI=1S/C20H40N4O/c1-14(2)21-17-8-9-24(11-17)20(6,7)10-16(5)22-18-12-23(15(3)4)13-19(18)25/h14-18,21-22H,8-13H2,1-7H3. The highest BCUT2D eigenvalue weighted by atomic mass is 16.1. The molecule has 25 heavy (non-hydrogen) atoms. The summed E-state index contributed by atoms with van der Waals surface area (Å²) in [6, 6.07) is 1.94. The molecule has 3 unspecified atom stereocenters. The molecule has 2 fully saturated rings. The van der Waals surface area contributed by atoms with E-state index in [9.17, 15) is 4.79 Å². The minimum atomic E-state index is 0.00198. The molecule has 5 heteroatoms. The summed E-state index contributed by atoms with van der Waals surface area (Å²) in [5, 5.41) is 7.27. The summed E-state index contributed by atoms with van der Waals surface area (Å²) in [5.74, 6) is 0.348. The number of likely N-dealkylation sites (tertiary alicyclic amines) is 2. The number of hydrogen-bond donors (Lipinski definition) is 2. The highest BCUT2D eigenvalue weighted by Crippen LogP contribution is 2.26. The van der Waals surface area contributed by atoms with E-state index in [0.29, 0.717) is 36.5 Å². The predicted octanol–water partition coefficient (Wildman–Crippen LogP) is 1.87. The van der Waals surface area contributed by atoms with Gasteiger partial charge in [0.05, 0.1) is 12.6 Å². The van der Waals surface area contributed by atoms with Crippen molar-refractivity contribution in [2.24, 2.45) is 0 Å². The van der Waals surface area contributed by atoms with Crippen LogP contribution in [0.3, 0.4) is 0 Å². The van der Waals surface area contributed by atoms with Gasteiger partial charge in [0, 0.05) is 49.3 Å². The molecule has 0 aromatic rings. The van der Waals surface area contributed by atoms with Crippen molar-refractivity contribution in [2.45, 2.75) is 97.1 Å². The van der Waals surface area contributed by atoms with Gasteiger partial charge in [0.1, 0.15) is 0 Å². The van der Waals surface area contributed by atoms with Gasteiger partial charge in [-0.15, -0.1) is 0 Å². The summed E-state index contributed by atoms with van der Waals surface area (Å²) in [6.07, 6.45) is 2.29. The fourth-order valence-corrected chi connectivity index (χ4v) is 4.45. The van der Waals surface area contributed by atoms with Gasteiger partial charge in [-0.25, -0.2) is 0 Å². The second-order valence-corrected chi connectivity index (χ2v) is 9.38. The van der Waals surface area contributed by atoms with Crippen molar-refractivity contribution >= 4 is 5.78 Å². The average Bonchev–Trinajstić information content (AvgIpc) is 3.06. The van der Waals surface area contributed by atoms with Gasteiger partial charge in [0.2, 0.25) is 0 Å². The van der Waals surface area contributed by atoms with E-state index in [0.717, 1.165) is 26.1 Å². The van der Waals surface area contributed by atoms with E-state index in [1.54, 1.807) is 0 Å². The van der Waals surface area contributed by atoms with Crippen LogP contribution in [0.5, 0.6) is 0 Å². The molecule has 2 aliphatic heterocycles. The third-order valence-corrected chi connectivity index (χ3v) is 5.80. The van der Waals surface area contributed by atoms with E-state index in [2.05, 4.69) is 68.9 Å². The third kappa shape index (κ3) is 5.75. The molecule has 5 nitrogen and oxygen atoms in total. The Balaban J connectivity index is 1.83. The molecule has 2 N–H and O–H groups in total. The maximum atomic E-state index is 12.3. The predicted molar refractivity (Wildman–Crippen MR) is 105 cm³/mol. The summed E-state index contributed by atoms with van der Waals surface area (Å²) in [6.45, 7) is 19.4. The highest BCUT2D eigenvalue weighted by Gasteiger charge is 2.37. The Hall–Kier alpha value is -0.490. The summed E-state index contributed by atoms with van der Waals surface area (Å²) < 4.78 is 0. The number of carbonyl (C=O) groups is 1. The molecule has 146 valence electrons. The first-order valence-corrected chi connectivity index (χ1v) is 10.1. The summed E-state index contributed by atoms with van der Waals surface area (Å²) in [7, 11) is 0. The molecule has 0 bridgehead atoms. The van der Waals surface area contributed by atoms with Gasteiger partial charge in [0.25, 0.3) is 0 Å². The van der Waals surface area contributed by atoms with E-state index in [1.807, 2.05) is 0 Å². The molecule has 0 saturated carbocycles. The van der Waals surface area contributed by atoms with Crippen LogP contribution >= 0.6 is 0 Å². The summed E-state index contributed by atoms with van der Waals surface area (Å²) in [5.41, 5.74) is 0.152. The molecule has 0 spiro atoms. The smallest absolute Gasteiger partial charge is 0.164 e. The van der Waals surface area contributed by atoms with Gasteiger partial charge in [-0.3, -0.25) is 14.6 Å². The minimum Gasteiger partial charge on any atom is -0.310 e. The molecule has 2 saturated heterocycles. The number of hydrogen-bond acceptors (Lipinski definition) is 5. The third-order valence-electron chi connectivity index (χ3n) is 5.80. The quantitative estimate of drug-likeness (QED) is 0.698. The SMILES string of the molecule is CC(C)NC1CCN(C(C)(C)CC(C)NC2CN(C(C)C)CC2=O)C1. The zero-order valence-electron chi connectivity index (χ0n) is 17.4. The molecular formula is C20H40N4O. The first-order valence-electron chi connectivity index (χ1n) is 10.1. The Morgan fingerprint density at radius 1 is 1.12 bits per heavy atom. The lowest BCUT2D eigenvalue weighted by Crippen LogP contribution is -2.51. The van der Waals surface area contributed by atoms with Gasteiger partial charge in [-0.05, 0) is 47.5 Å². The van der Waals surface area contributed by atoms with E-state index in [4.69, 9.17) is 0 Å². The van der Waals surface area contributed by atoms with Crippen molar-refractivity contribution < 1.29 is 4.79 Å². The first kappa shape index (κ1) is 20.8. The van der Waals surface area contributed by atoms with Gasteiger partial charge in [-0.2, -0.15) is 0 Å². The number of Topliss-reactive ketones (excluding diaryl/α,β-unsaturated/α-hetero) is 1. The molecule has 3 atom stereocenters. The summed E-state index contributed by atoms with van der Waals surface area (Å²) >= 11 is 0.